The fourth-order valence-electron chi connectivity index (χ4n) is 1.56. The van der Waals surface area contributed by atoms with Gasteiger partial charge in [-0.1, -0.05) is 4.40 Å². The lowest BCUT2D eigenvalue weighted by Crippen LogP contribution is -2.44. The molecule has 1 heterocycles. The van der Waals surface area contributed by atoms with Gasteiger partial charge in [-0.05, 0) is 27.2 Å². The molecule has 0 saturated carbocycles. The molecule has 0 aromatic heterocycles. The molecule has 104 valence electrons. The number of hydrogen-bond donors (Lipinski definition) is 1. The second-order valence-corrected chi connectivity index (χ2v) is 7.25. The lowest BCUT2D eigenvalue weighted by Gasteiger charge is -2.30. The molecule has 5 nitrogen and oxygen atoms in total. The summed E-state index contributed by atoms with van der Waals surface area (Å²) in [5.41, 5.74) is 0. The van der Waals surface area contributed by atoms with E-state index in [0.717, 1.165) is 4.90 Å². The average Bonchev–Trinajstić information content (AvgIpc) is 2.25. The predicted molar refractivity (Wildman–Crippen MR) is 69.0 cm³/mol. The molecule has 3 atom stereocenters. The molecule has 0 aliphatic carbocycles. The molecule has 0 aromatic rings. The van der Waals surface area contributed by atoms with Crippen LogP contribution >= 0.6 is 0 Å². The van der Waals surface area contributed by atoms with Crippen molar-refractivity contribution in [2.24, 2.45) is 10.3 Å². The van der Waals surface area contributed by atoms with Gasteiger partial charge in [0.25, 0.3) is 0 Å². The van der Waals surface area contributed by atoms with Gasteiger partial charge in [-0.3, -0.25) is 0 Å². The molecule has 7 heteroatoms. The molecule has 0 bridgehead atoms. The van der Waals surface area contributed by atoms with Crippen molar-refractivity contribution in [3.63, 3.8) is 0 Å². The van der Waals surface area contributed by atoms with Gasteiger partial charge in [0.15, 0.2) is 0 Å². The third kappa shape index (κ3) is 4.13. The van der Waals surface area contributed by atoms with Crippen molar-refractivity contribution in [3.8, 4) is 0 Å². The number of hydrogen-bond acceptors (Lipinski definition) is 3. The Labute approximate surface area is 109 Å². The van der Waals surface area contributed by atoms with E-state index in [2.05, 4.69) is 4.40 Å². The summed E-state index contributed by atoms with van der Waals surface area (Å²) in [6, 6.07) is 0. The van der Waals surface area contributed by atoms with Gasteiger partial charge >= 0.3 is 6.09 Å². The maximum absolute atomic E-state index is 13.7. The minimum absolute atomic E-state index is 0.145. The van der Waals surface area contributed by atoms with Crippen LogP contribution in [0.4, 0.5) is 9.18 Å². The molecule has 1 unspecified atom stereocenters. The molecular weight excluding hydrogens is 259 g/mol. The molecular formula is C11H19FN2O3S. The van der Waals surface area contributed by atoms with Gasteiger partial charge in [-0.15, -0.1) is 0 Å². The third-order valence-corrected chi connectivity index (χ3v) is 4.10. The summed E-state index contributed by atoms with van der Waals surface area (Å²) >= 11 is -1.40. The van der Waals surface area contributed by atoms with E-state index < -0.39 is 34.3 Å². The molecule has 18 heavy (non-hydrogen) atoms. The van der Waals surface area contributed by atoms with E-state index in [-0.39, 0.29) is 13.1 Å². The van der Waals surface area contributed by atoms with Crippen LogP contribution in [0.5, 0.6) is 0 Å². The minimum atomic E-state index is -1.40. The van der Waals surface area contributed by atoms with Crippen LogP contribution in [0.15, 0.2) is 4.40 Å². The Kier molecular flexibility index (Phi) is 4.98. The maximum Gasteiger partial charge on any atom is 0.407 e. The lowest BCUT2D eigenvalue weighted by molar-refractivity contribution is 0.0949. The topological polar surface area (TPSA) is 76.0 Å². The predicted octanol–water partition coefficient (Wildman–Crippen LogP) is 1.86. The number of amides is 1. The van der Waals surface area contributed by atoms with Gasteiger partial charge in [0.05, 0.1) is 12.8 Å². The summed E-state index contributed by atoms with van der Waals surface area (Å²) in [7, 11) is 0. The Balaban J connectivity index is 2.55. The van der Waals surface area contributed by atoms with Crippen molar-refractivity contribution in [3.05, 3.63) is 0 Å². The Morgan fingerprint density at radius 2 is 2.22 bits per heavy atom. The number of carbonyl (C=O) groups is 1. The van der Waals surface area contributed by atoms with Gasteiger partial charge in [-0.25, -0.2) is 9.18 Å². The van der Waals surface area contributed by atoms with Crippen LogP contribution in [0.1, 0.15) is 27.2 Å². The molecule has 1 rings (SSSR count). The minimum Gasteiger partial charge on any atom is -0.591 e. The van der Waals surface area contributed by atoms with Crippen LogP contribution in [-0.4, -0.2) is 50.9 Å². The first kappa shape index (κ1) is 15.2. The molecule has 0 aromatic carbocycles. The summed E-state index contributed by atoms with van der Waals surface area (Å²) in [4.78, 5) is 11.7. The first-order chi connectivity index (χ1) is 8.21. The standard InChI is InChI=1S/C11H19FN2O3S/c1-11(2,3)18(17)13-6-8-4-5-14(10(15)16)7-9(8)12/h6,8-9H,4-5,7H2,1-3H3,(H,15,16)/t8-,9-,18?/m1/s1. The van der Waals surface area contributed by atoms with Crippen LogP contribution < -0.4 is 0 Å². The highest BCUT2D eigenvalue weighted by Crippen LogP contribution is 2.21. The number of alkyl halides is 1. The molecule has 1 saturated heterocycles. The summed E-state index contributed by atoms with van der Waals surface area (Å²) in [5.74, 6) is -0.452. The van der Waals surface area contributed by atoms with Gasteiger partial charge in [0.1, 0.15) is 22.3 Å². The van der Waals surface area contributed by atoms with Crippen molar-refractivity contribution >= 4 is 23.7 Å². The van der Waals surface area contributed by atoms with Gasteiger partial charge < -0.3 is 14.6 Å². The van der Waals surface area contributed by atoms with E-state index in [1.54, 1.807) is 20.8 Å². The first-order valence-electron chi connectivity index (χ1n) is 5.80. The van der Waals surface area contributed by atoms with E-state index in [1.807, 2.05) is 0 Å². The molecule has 1 fully saturated rings. The fraction of sp³-hybridized carbons (Fsp3) is 0.818. The average molecular weight is 278 g/mol. The van der Waals surface area contributed by atoms with Crippen molar-refractivity contribution in [2.45, 2.75) is 38.1 Å². The van der Waals surface area contributed by atoms with Gasteiger partial charge in [0, 0.05) is 12.5 Å². The maximum atomic E-state index is 13.7. The number of carboxylic acid groups (broad SMARTS) is 1. The molecule has 1 aliphatic heterocycles. The summed E-state index contributed by atoms with van der Waals surface area (Å²) in [6.07, 6.45) is -0.634. The zero-order valence-electron chi connectivity index (χ0n) is 10.8. The Morgan fingerprint density at radius 1 is 1.61 bits per heavy atom. The smallest absolute Gasteiger partial charge is 0.407 e. The summed E-state index contributed by atoms with van der Waals surface area (Å²) < 4.78 is 28.8. The highest BCUT2D eigenvalue weighted by atomic mass is 32.2. The zero-order valence-corrected chi connectivity index (χ0v) is 11.6. The quantitative estimate of drug-likeness (QED) is 0.618. The van der Waals surface area contributed by atoms with Crippen LogP contribution in [-0.2, 0) is 11.4 Å². The number of nitrogens with zero attached hydrogens (tertiary/aromatic N) is 2. The number of piperidine rings is 1. The first-order valence-corrected chi connectivity index (χ1v) is 6.90. The van der Waals surface area contributed by atoms with Crippen molar-refractivity contribution in [1.82, 2.24) is 4.90 Å². The third-order valence-electron chi connectivity index (χ3n) is 2.73. The Bertz CT molecular complexity index is 333. The van der Waals surface area contributed by atoms with Crippen molar-refractivity contribution < 1.29 is 18.8 Å². The highest BCUT2D eigenvalue weighted by molar-refractivity contribution is 7.91. The molecule has 0 spiro atoms. The van der Waals surface area contributed by atoms with E-state index in [0.29, 0.717) is 6.42 Å². The van der Waals surface area contributed by atoms with E-state index in [1.165, 1.54) is 6.21 Å². The normalized spacial score (nSPS) is 27.5. The van der Waals surface area contributed by atoms with Crippen molar-refractivity contribution in [2.75, 3.05) is 13.1 Å². The monoisotopic (exact) mass is 278 g/mol. The largest absolute Gasteiger partial charge is 0.591 e. The van der Waals surface area contributed by atoms with Gasteiger partial charge in [0.2, 0.25) is 0 Å². The van der Waals surface area contributed by atoms with Crippen LogP contribution in [0.2, 0.25) is 0 Å². The highest BCUT2D eigenvalue weighted by Gasteiger charge is 2.32. The summed E-state index contributed by atoms with van der Waals surface area (Å²) in [6.45, 7) is 5.52. The van der Waals surface area contributed by atoms with Gasteiger partial charge in [-0.2, -0.15) is 0 Å². The molecule has 1 amide bonds. The van der Waals surface area contributed by atoms with Crippen molar-refractivity contribution in [1.29, 1.82) is 0 Å². The molecule has 1 aliphatic rings. The summed E-state index contributed by atoms with van der Waals surface area (Å²) in [5, 5.41) is 8.74. The van der Waals surface area contributed by atoms with Crippen LogP contribution in [0, 0.1) is 5.92 Å². The second kappa shape index (κ2) is 5.88. The van der Waals surface area contributed by atoms with Crippen LogP contribution in [0.3, 0.4) is 0 Å². The number of rotatable bonds is 2. The number of likely N-dealkylation sites (tertiary alicyclic amines) is 1. The Morgan fingerprint density at radius 3 is 2.67 bits per heavy atom. The second-order valence-electron chi connectivity index (χ2n) is 5.31. The van der Waals surface area contributed by atoms with E-state index >= 15 is 0 Å². The van der Waals surface area contributed by atoms with E-state index in [9.17, 15) is 13.7 Å². The van der Waals surface area contributed by atoms with Crippen LogP contribution in [0.25, 0.3) is 0 Å². The molecule has 1 N–H and O–H groups in total. The zero-order chi connectivity index (χ0) is 13.9. The Hall–Kier alpha value is -0.820. The number of halogens is 1. The SMILES string of the molecule is CC(C)(C)[S+]([O-])N=C[C@H]1CCN(C(=O)O)C[C@H]1F. The molecule has 0 radical (unpaired) electrons. The van der Waals surface area contributed by atoms with E-state index in [4.69, 9.17) is 5.11 Å². The lowest BCUT2D eigenvalue weighted by atomic mass is 9.97. The fourth-order valence-corrected chi connectivity index (χ4v) is 2.14.